The molecule has 1 rings (SSSR count). The zero-order valence-corrected chi connectivity index (χ0v) is 14.2. The van der Waals surface area contributed by atoms with E-state index in [1.54, 1.807) is 19.9 Å². The Hall–Kier alpha value is -0.900. The highest BCUT2D eigenvalue weighted by molar-refractivity contribution is 14.1. The molecule has 0 bridgehead atoms. The van der Waals surface area contributed by atoms with Crippen LogP contribution >= 0.6 is 22.6 Å². The fourth-order valence-electron chi connectivity index (χ4n) is 1.48. The predicted molar refractivity (Wildman–Crippen MR) is 82.5 cm³/mol. The molecule has 20 heavy (non-hydrogen) atoms. The second kappa shape index (κ2) is 6.70. The summed E-state index contributed by atoms with van der Waals surface area (Å²) in [4.78, 5) is 11.6. The number of carbonyl (C=O) groups is 1. The Morgan fingerprint density at radius 1 is 1.45 bits per heavy atom. The van der Waals surface area contributed by atoms with Crippen molar-refractivity contribution in [1.82, 2.24) is 0 Å². The molecule has 0 fully saturated rings. The number of nitrogens with zero attached hydrogens (tertiary/aromatic N) is 1. The molecule has 112 valence electrons. The molecule has 0 aliphatic heterocycles. The molecular formula is C12H15FINO4S. The summed E-state index contributed by atoms with van der Waals surface area (Å²) in [6.07, 6.45) is 0.540. The van der Waals surface area contributed by atoms with E-state index in [0.717, 1.165) is 6.26 Å². The molecule has 8 heteroatoms. The van der Waals surface area contributed by atoms with Crippen molar-refractivity contribution in [2.75, 3.05) is 17.1 Å². The largest absolute Gasteiger partial charge is 0.462 e. The average Bonchev–Trinajstić information content (AvgIpc) is 2.24. The summed E-state index contributed by atoms with van der Waals surface area (Å²) in [5, 5.41) is 0. The molecule has 0 radical (unpaired) electrons. The molecule has 0 amide bonds. The van der Waals surface area contributed by atoms with Gasteiger partial charge in [0.1, 0.15) is 12.4 Å². The van der Waals surface area contributed by atoms with Gasteiger partial charge in [-0.3, -0.25) is 9.10 Å². The third-order valence-electron chi connectivity index (χ3n) is 2.22. The number of hydrogen-bond acceptors (Lipinski definition) is 4. The molecule has 0 spiro atoms. The van der Waals surface area contributed by atoms with E-state index in [4.69, 9.17) is 4.74 Å². The minimum atomic E-state index is -3.79. The molecule has 0 saturated carbocycles. The SMILES string of the molecule is CC(C)OC(=O)CN(c1ccc(I)cc1F)S(C)(=O)=O. The minimum absolute atomic E-state index is 0.173. The molecule has 5 nitrogen and oxygen atoms in total. The van der Waals surface area contributed by atoms with Crippen LogP contribution in [-0.4, -0.2) is 33.3 Å². The van der Waals surface area contributed by atoms with Crippen LogP contribution in [0, 0.1) is 9.39 Å². The van der Waals surface area contributed by atoms with Crippen LogP contribution in [0.25, 0.3) is 0 Å². The normalized spacial score (nSPS) is 11.5. The van der Waals surface area contributed by atoms with Crippen molar-refractivity contribution in [3.63, 3.8) is 0 Å². The van der Waals surface area contributed by atoms with Crippen molar-refractivity contribution >= 4 is 44.3 Å². The van der Waals surface area contributed by atoms with Crippen LogP contribution in [0.3, 0.4) is 0 Å². The number of sulfonamides is 1. The molecule has 0 aromatic heterocycles. The van der Waals surface area contributed by atoms with Gasteiger partial charge < -0.3 is 4.74 Å². The van der Waals surface area contributed by atoms with Crippen LogP contribution in [-0.2, 0) is 19.6 Å². The highest BCUT2D eigenvalue weighted by Crippen LogP contribution is 2.23. The van der Waals surface area contributed by atoms with E-state index in [2.05, 4.69) is 0 Å². The minimum Gasteiger partial charge on any atom is -0.462 e. The Bertz CT molecular complexity index is 603. The van der Waals surface area contributed by atoms with Crippen molar-refractivity contribution < 1.29 is 22.3 Å². The monoisotopic (exact) mass is 415 g/mol. The molecule has 0 N–H and O–H groups in total. The smallest absolute Gasteiger partial charge is 0.327 e. The second-order valence-corrected chi connectivity index (χ2v) is 7.56. The molecule has 1 aromatic rings. The molecular weight excluding hydrogens is 400 g/mol. The average molecular weight is 415 g/mol. The zero-order chi connectivity index (χ0) is 15.5. The lowest BCUT2D eigenvalue weighted by molar-refractivity contribution is -0.145. The highest BCUT2D eigenvalue weighted by Gasteiger charge is 2.24. The Labute approximate surface area is 131 Å². The lowest BCUT2D eigenvalue weighted by Gasteiger charge is -2.22. The van der Waals surface area contributed by atoms with Crippen molar-refractivity contribution in [1.29, 1.82) is 0 Å². The molecule has 1 aromatic carbocycles. The summed E-state index contributed by atoms with van der Waals surface area (Å²) < 4.78 is 43.6. The van der Waals surface area contributed by atoms with Crippen molar-refractivity contribution in [3.8, 4) is 0 Å². The summed E-state index contributed by atoms with van der Waals surface area (Å²) in [5.74, 6) is -1.44. The van der Waals surface area contributed by atoms with Crippen LogP contribution in [0.5, 0.6) is 0 Å². The standard InChI is InChI=1S/C12H15FINO4S/c1-8(2)19-12(16)7-15(20(3,17)18)11-5-4-9(14)6-10(11)13/h4-6,8H,7H2,1-3H3. The first-order valence-electron chi connectivity index (χ1n) is 5.73. The number of ether oxygens (including phenoxy) is 1. The first-order chi connectivity index (χ1) is 9.11. The highest BCUT2D eigenvalue weighted by atomic mass is 127. The Balaban J connectivity index is 3.11. The predicted octanol–water partition coefficient (Wildman–Crippen LogP) is 2.15. The van der Waals surface area contributed by atoms with Crippen LogP contribution in [0.2, 0.25) is 0 Å². The quantitative estimate of drug-likeness (QED) is 0.546. The third-order valence-corrected chi connectivity index (χ3v) is 4.02. The van der Waals surface area contributed by atoms with Gasteiger partial charge in [0, 0.05) is 3.57 Å². The summed E-state index contributed by atoms with van der Waals surface area (Å²) in [7, 11) is -3.79. The number of hydrogen-bond donors (Lipinski definition) is 0. The molecule has 0 aliphatic carbocycles. The summed E-state index contributed by atoms with van der Waals surface area (Å²) in [6, 6.07) is 4.08. The molecule has 0 atom stereocenters. The van der Waals surface area contributed by atoms with Crippen LogP contribution < -0.4 is 4.31 Å². The molecule has 0 saturated heterocycles. The maximum atomic E-state index is 13.9. The van der Waals surface area contributed by atoms with E-state index in [1.807, 2.05) is 22.6 Å². The lowest BCUT2D eigenvalue weighted by Crippen LogP contribution is -2.37. The van der Waals surface area contributed by atoms with E-state index < -0.39 is 28.4 Å². The summed E-state index contributed by atoms with van der Waals surface area (Å²) in [5.41, 5.74) is -0.173. The van der Waals surface area contributed by atoms with Gasteiger partial charge >= 0.3 is 5.97 Å². The number of esters is 1. The van der Waals surface area contributed by atoms with E-state index in [9.17, 15) is 17.6 Å². The van der Waals surface area contributed by atoms with Crippen LogP contribution in [0.4, 0.5) is 10.1 Å². The van der Waals surface area contributed by atoms with Gasteiger partial charge in [-0.1, -0.05) is 0 Å². The molecule has 0 unspecified atom stereocenters. The van der Waals surface area contributed by atoms with Gasteiger partial charge in [0.2, 0.25) is 10.0 Å². The third kappa shape index (κ3) is 4.89. The van der Waals surface area contributed by atoms with Crippen molar-refractivity contribution in [2.45, 2.75) is 20.0 Å². The van der Waals surface area contributed by atoms with Crippen molar-refractivity contribution in [2.24, 2.45) is 0 Å². The van der Waals surface area contributed by atoms with E-state index >= 15 is 0 Å². The maximum Gasteiger partial charge on any atom is 0.327 e. The van der Waals surface area contributed by atoms with Gasteiger partial charge in [0.05, 0.1) is 18.0 Å². The lowest BCUT2D eigenvalue weighted by atomic mass is 10.3. The molecule has 0 aliphatic rings. The molecule has 0 heterocycles. The van der Waals surface area contributed by atoms with Gasteiger partial charge in [-0.2, -0.15) is 0 Å². The fourth-order valence-corrected chi connectivity index (χ4v) is 2.78. The number of anilines is 1. The van der Waals surface area contributed by atoms with E-state index in [1.165, 1.54) is 12.1 Å². The van der Waals surface area contributed by atoms with Gasteiger partial charge in [0.15, 0.2) is 0 Å². The summed E-state index contributed by atoms with van der Waals surface area (Å²) in [6.45, 7) is 2.73. The number of rotatable bonds is 5. The zero-order valence-electron chi connectivity index (χ0n) is 11.3. The topological polar surface area (TPSA) is 63.7 Å². The Kier molecular flexibility index (Phi) is 5.75. The Morgan fingerprint density at radius 3 is 2.50 bits per heavy atom. The fraction of sp³-hybridized carbons (Fsp3) is 0.417. The summed E-state index contributed by atoms with van der Waals surface area (Å²) >= 11 is 1.91. The first-order valence-corrected chi connectivity index (χ1v) is 8.66. The number of carbonyl (C=O) groups excluding carboxylic acids is 1. The van der Waals surface area contributed by atoms with Gasteiger partial charge in [0.25, 0.3) is 0 Å². The van der Waals surface area contributed by atoms with E-state index in [-0.39, 0.29) is 11.8 Å². The van der Waals surface area contributed by atoms with Gasteiger partial charge in [-0.15, -0.1) is 0 Å². The number of halogens is 2. The first kappa shape index (κ1) is 17.2. The van der Waals surface area contributed by atoms with Crippen LogP contribution in [0.1, 0.15) is 13.8 Å². The van der Waals surface area contributed by atoms with Gasteiger partial charge in [-0.05, 0) is 54.6 Å². The van der Waals surface area contributed by atoms with E-state index in [0.29, 0.717) is 7.88 Å². The second-order valence-electron chi connectivity index (χ2n) is 4.40. The maximum absolute atomic E-state index is 13.9. The van der Waals surface area contributed by atoms with Crippen molar-refractivity contribution in [3.05, 3.63) is 27.6 Å². The number of benzene rings is 1. The van der Waals surface area contributed by atoms with Crippen LogP contribution in [0.15, 0.2) is 18.2 Å². The van der Waals surface area contributed by atoms with Gasteiger partial charge in [-0.25, -0.2) is 12.8 Å². The Morgan fingerprint density at radius 2 is 2.05 bits per heavy atom.